The van der Waals surface area contributed by atoms with Gasteiger partial charge in [0, 0.05) is 0 Å². The maximum Gasteiger partial charge on any atom is -0.0243 e. The second-order valence-corrected chi connectivity index (χ2v) is 7.04. The van der Waals surface area contributed by atoms with Gasteiger partial charge in [-0.15, -0.1) is 0 Å². The van der Waals surface area contributed by atoms with E-state index in [1.807, 2.05) is 0 Å². The first kappa shape index (κ1) is 14.1. The zero-order valence-corrected chi connectivity index (χ0v) is 12.7. The minimum Gasteiger partial charge on any atom is -0.0651 e. The molecule has 0 radical (unpaired) electrons. The Balaban J connectivity index is 2.89. The summed E-state index contributed by atoms with van der Waals surface area (Å²) >= 11 is 0. The largest absolute Gasteiger partial charge is 0.0651 e. The van der Waals surface area contributed by atoms with E-state index in [1.165, 1.54) is 6.42 Å². The summed E-state index contributed by atoms with van der Waals surface area (Å²) in [6.07, 6.45) is 1.32. The zero-order valence-electron chi connectivity index (χ0n) is 12.7. The molecule has 0 nitrogen and oxygen atoms in total. The van der Waals surface area contributed by atoms with Crippen LogP contribution in [0.1, 0.15) is 61.8 Å². The SMILES string of the molecule is CCC(C)C(C)(C(C)C)C1C(C)C1C(C)C. The van der Waals surface area contributed by atoms with Gasteiger partial charge in [0.05, 0.1) is 0 Å². The lowest BCUT2D eigenvalue weighted by atomic mass is 9.64. The van der Waals surface area contributed by atoms with Crippen molar-refractivity contribution in [3.8, 4) is 0 Å². The molecule has 0 spiro atoms. The molecule has 0 aromatic rings. The highest BCUT2D eigenvalue weighted by molar-refractivity contribution is 5.06. The summed E-state index contributed by atoms with van der Waals surface area (Å²) in [5, 5.41) is 0. The van der Waals surface area contributed by atoms with Crippen LogP contribution in [0.2, 0.25) is 0 Å². The second kappa shape index (κ2) is 4.70. The van der Waals surface area contributed by atoms with Crippen molar-refractivity contribution >= 4 is 0 Å². The van der Waals surface area contributed by atoms with E-state index in [4.69, 9.17) is 0 Å². The summed E-state index contributed by atoms with van der Waals surface area (Å²) in [5.41, 5.74) is 0.545. The Bertz CT molecular complexity index is 228. The van der Waals surface area contributed by atoms with Gasteiger partial charge in [0.15, 0.2) is 0 Å². The van der Waals surface area contributed by atoms with Crippen LogP contribution in [-0.2, 0) is 0 Å². The molecular weight excluding hydrogens is 192 g/mol. The first-order valence-corrected chi connectivity index (χ1v) is 7.28. The Kier molecular flexibility index (Phi) is 4.13. The van der Waals surface area contributed by atoms with Crippen molar-refractivity contribution in [2.75, 3.05) is 0 Å². The number of hydrogen-bond acceptors (Lipinski definition) is 0. The highest BCUT2D eigenvalue weighted by Crippen LogP contribution is 2.64. The summed E-state index contributed by atoms with van der Waals surface area (Å²) in [4.78, 5) is 0. The molecule has 0 heterocycles. The third-order valence-corrected chi connectivity index (χ3v) is 5.85. The van der Waals surface area contributed by atoms with Crippen LogP contribution >= 0.6 is 0 Å². The maximum absolute atomic E-state index is 2.55. The van der Waals surface area contributed by atoms with Gasteiger partial charge in [-0.05, 0) is 40.9 Å². The van der Waals surface area contributed by atoms with E-state index in [-0.39, 0.29) is 0 Å². The molecule has 1 aliphatic carbocycles. The Labute approximate surface area is 103 Å². The predicted molar refractivity (Wildman–Crippen MR) is 73.4 cm³/mol. The average Bonchev–Trinajstić information content (AvgIpc) is 2.87. The highest BCUT2D eigenvalue weighted by atomic mass is 14.6. The molecular formula is C16H32. The maximum atomic E-state index is 2.55. The molecule has 0 saturated heterocycles. The molecule has 0 heteroatoms. The monoisotopic (exact) mass is 224 g/mol. The lowest BCUT2D eigenvalue weighted by molar-refractivity contribution is 0.0754. The lowest BCUT2D eigenvalue weighted by Crippen LogP contribution is -2.34. The van der Waals surface area contributed by atoms with Gasteiger partial charge in [0.2, 0.25) is 0 Å². The Hall–Kier alpha value is 0. The Morgan fingerprint density at radius 2 is 1.56 bits per heavy atom. The summed E-state index contributed by atoms with van der Waals surface area (Å²) < 4.78 is 0. The van der Waals surface area contributed by atoms with E-state index in [0.29, 0.717) is 5.41 Å². The number of rotatable bonds is 5. The van der Waals surface area contributed by atoms with Crippen molar-refractivity contribution < 1.29 is 0 Å². The van der Waals surface area contributed by atoms with Crippen molar-refractivity contribution in [2.45, 2.75) is 61.8 Å². The molecule has 0 aromatic carbocycles. The summed E-state index contributed by atoms with van der Waals surface area (Å²) in [7, 11) is 0. The smallest absolute Gasteiger partial charge is 0.0243 e. The summed E-state index contributed by atoms with van der Waals surface area (Å²) in [6.45, 7) is 19.5. The molecule has 0 amide bonds. The van der Waals surface area contributed by atoms with Gasteiger partial charge >= 0.3 is 0 Å². The minimum atomic E-state index is 0.545. The Morgan fingerprint density at radius 3 is 1.81 bits per heavy atom. The van der Waals surface area contributed by atoms with Gasteiger partial charge in [-0.3, -0.25) is 0 Å². The average molecular weight is 224 g/mol. The van der Waals surface area contributed by atoms with E-state index < -0.39 is 0 Å². The van der Waals surface area contributed by atoms with Crippen LogP contribution in [0.5, 0.6) is 0 Å². The molecule has 0 bridgehead atoms. The van der Waals surface area contributed by atoms with Crippen molar-refractivity contribution in [1.82, 2.24) is 0 Å². The molecule has 1 aliphatic rings. The van der Waals surface area contributed by atoms with Crippen molar-refractivity contribution in [2.24, 2.45) is 40.9 Å². The van der Waals surface area contributed by atoms with Crippen molar-refractivity contribution in [3.05, 3.63) is 0 Å². The third kappa shape index (κ3) is 2.05. The normalized spacial score (nSPS) is 35.2. The molecule has 5 atom stereocenters. The molecule has 16 heavy (non-hydrogen) atoms. The van der Waals surface area contributed by atoms with Crippen molar-refractivity contribution in [1.29, 1.82) is 0 Å². The van der Waals surface area contributed by atoms with Crippen LogP contribution in [-0.4, -0.2) is 0 Å². The van der Waals surface area contributed by atoms with Crippen LogP contribution < -0.4 is 0 Å². The zero-order chi connectivity index (χ0) is 12.7. The van der Waals surface area contributed by atoms with E-state index >= 15 is 0 Å². The number of hydrogen-bond donors (Lipinski definition) is 0. The quantitative estimate of drug-likeness (QED) is 0.599. The standard InChI is InChI=1S/C16H32/c1-9-12(6)16(8,11(4)5)15-13(7)14(15)10(2)3/h10-15H,9H2,1-8H3. The topological polar surface area (TPSA) is 0 Å². The van der Waals surface area contributed by atoms with Crippen molar-refractivity contribution in [3.63, 3.8) is 0 Å². The molecule has 0 aliphatic heterocycles. The van der Waals surface area contributed by atoms with Crippen LogP contribution in [0.25, 0.3) is 0 Å². The van der Waals surface area contributed by atoms with Gasteiger partial charge in [-0.1, -0.05) is 61.8 Å². The summed E-state index contributed by atoms with van der Waals surface area (Å²) in [6, 6.07) is 0. The van der Waals surface area contributed by atoms with Gasteiger partial charge in [0.25, 0.3) is 0 Å². The minimum absolute atomic E-state index is 0.545. The van der Waals surface area contributed by atoms with Crippen LogP contribution in [0.4, 0.5) is 0 Å². The fraction of sp³-hybridized carbons (Fsp3) is 1.00. The third-order valence-electron chi connectivity index (χ3n) is 5.85. The van der Waals surface area contributed by atoms with Crippen LogP contribution in [0.3, 0.4) is 0 Å². The van der Waals surface area contributed by atoms with Crippen LogP contribution in [0.15, 0.2) is 0 Å². The predicted octanol–water partition coefficient (Wildman–Crippen LogP) is 5.23. The molecule has 5 unspecified atom stereocenters. The van der Waals surface area contributed by atoms with E-state index in [1.54, 1.807) is 0 Å². The molecule has 1 rings (SSSR count). The van der Waals surface area contributed by atoms with Gasteiger partial charge in [-0.25, -0.2) is 0 Å². The Morgan fingerprint density at radius 1 is 1.06 bits per heavy atom. The fourth-order valence-corrected chi connectivity index (χ4v) is 4.22. The van der Waals surface area contributed by atoms with Gasteiger partial charge in [0.1, 0.15) is 0 Å². The second-order valence-electron chi connectivity index (χ2n) is 7.04. The first-order valence-electron chi connectivity index (χ1n) is 7.28. The van der Waals surface area contributed by atoms with E-state index in [9.17, 15) is 0 Å². The molecule has 1 fully saturated rings. The lowest BCUT2D eigenvalue weighted by Gasteiger charge is -2.41. The molecule has 1 saturated carbocycles. The fourth-order valence-electron chi connectivity index (χ4n) is 4.22. The van der Waals surface area contributed by atoms with E-state index in [0.717, 1.165) is 35.5 Å². The molecule has 96 valence electrons. The molecule has 0 aromatic heterocycles. The first-order chi connectivity index (χ1) is 7.28. The van der Waals surface area contributed by atoms with Gasteiger partial charge in [-0.2, -0.15) is 0 Å². The summed E-state index contributed by atoms with van der Waals surface area (Å²) in [5.74, 6) is 5.40. The highest BCUT2D eigenvalue weighted by Gasteiger charge is 2.59. The van der Waals surface area contributed by atoms with Crippen LogP contribution in [0, 0.1) is 40.9 Å². The molecule has 0 N–H and O–H groups in total. The van der Waals surface area contributed by atoms with E-state index in [2.05, 4.69) is 55.4 Å². The van der Waals surface area contributed by atoms with Gasteiger partial charge < -0.3 is 0 Å².